The van der Waals surface area contributed by atoms with E-state index >= 15 is 0 Å². The highest BCUT2D eigenvalue weighted by Gasteiger charge is 2.17. The van der Waals surface area contributed by atoms with Gasteiger partial charge >= 0.3 is 5.97 Å². The Labute approximate surface area is 81.4 Å². The SMILES string of the molecule is COC(=O)[C@H](O)c1cccc(C#N)c1. The quantitative estimate of drug-likeness (QED) is 0.701. The van der Waals surface area contributed by atoms with Gasteiger partial charge in [-0.15, -0.1) is 0 Å². The maximum Gasteiger partial charge on any atom is 0.339 e. The molecule has 1 aromatic carbocycles. The van der Waals surface area contributed by atoms with E-state index in [-0.39, 0.29) is 0 Å². The van der Waals surface area contributed by atoms with Crippen molar-refractivity contribution in [2.75, 3.05) is 7.11 Å². The molecule has 0 aliphatic rings. The van der Waals surface area contributed by atoms with Crippen molar-refractivity contribution in [2.24, 2.45) is 0 Å². The minimum Gasteiger partial charge on any atom is -0.467 e. The zero-order valence-corrected chi connectivity index (χ0v) is 7.60. The van der Waals surface area contributed by atoms with E-state index in [9.17, 15) is 9.90 Å². The fourth-order valence-electron chi connectivity index (χ4n) is 1.03. The van der Waals surface area contributed by atoms with Gasteiger partial charge in [0, 0.05) is 0 Å². The Morgan fingerprint density at radius 1 is 1.64 bits per heavy atom. The van der Waals surface area contributed by atoms with E-state index in [4.69, 9.17) is 5.26 Å². The Kier molecular flexibility index (Phi) is 3.21. The number of aliphatic hydroxyl groups is 1. The summed E-state index contributed by atoms with van der Waals surface area (Å²) in [4.78, 5) is 11.0. The van der Waals surface area contributed by atoms with Gasteiger partial charge < -0.3 is 9.84 Å². The van der Waals surface area contributed by atoms with E-state index in [1.54, 1.807) is 18.2 Å². The average molecular weight is 191 g/mol. The molecule has 4 nitrogen and oxygen atoms in total. The molecule has 1 N–H and O–H groups in total. The zero-order valence-electron chi connectivity index (χ0n) is 7.60. The van der Waals surface area contributed by atoms with Gasteiger partial charge in [-0.25, -0.2) is 4.79 Å². The Hall–Kier alpha value is -1.86. The lowest BCUT2D eigenvalue weighted by Crippen LogP contribution is -2.13. The standard InChI is InChI=1S/C10H9NO3/c1-14-10(13)9(12)8-4-2-3-7(5-8)6-11/h2-5,9,12H,1H3/t9-/m1/s1. The van der Waals surface area contributed by atoms with E-state index < -0.39 is 12.1 Å². The van der Waals surface area contributed by atoms with Crippen molar-refractivity contribution in [2.45, 2.75) is 6.10 Å². The highest BCUT2D eigenvalue weighted by Crippen LogP contribution is 2.15. The molecule has 4 heteroatoms. The van der Waals surface area contributed by atoms with Crippen LogP contribution in [0.25, 0.3) is 0 Å². The molecule has 0 fully saturated rings. The molecular formula is C10H9NO3. The summed E-state index contributed by atoms with van der Waals surface area (Å²) in [6, 6.07) is 8.11. The molecule has 0 radical (unpaired) electrons. The molecule has 0 aliphatic carbocycles. The largest absolute Gasteiger partial charge is 0.467 e. The Morgan fingerprint density at radius 2 is 2.36 bits per heavy atom. The topological polar surface area (TPSA) is 70.3 Å². The van der Waals surface area contributed by atoms with E-state index in [1.165, 1.54) is 13.2 Å². The summed E-state index contributed by atoms with van der Waals surface area (Å²) in [6.07, 6.45) is -1.33. The summed E-state index contributed by atoms with van der Waals surface area (Å²) in [5.74, 6) is -0.736. The van der Waals surface area contributed by atoms with Crippen LogP contribution in [-0.4, -0.2) is 18.2 Å². The van der Waals surface area contributed by atoms with Crippen LogP contribution in [0.5, 0.6) is 0 Å². The van der Waals surface area contributed by atoms with Gasteiger partial charge in [0.25, 0.3) is 0 Å². The Bertz CT molecular complexity index is 381. The molecule has 0 bridgehead atoms. The van der Waals surface area contributed by atoms with Crippen molar-refractivity contribution in [3.8, 4) is 6.07 Å². The molecule has 0 aromatic heterocycles. The van der Waals surface area contributed by atoms with Crippen molar-refractivity contribution in [1.29, 1.82) is 5.26 Å². The summed E-state index contributed by atoms with van der Waals surface area (Å²) in [6.45, 7) is 0. The molecule has 14 heavy (non-hydrogen) atoms. The van der Waals surface area contributed by atoms with Gasteiger partial charge in [-0.1, -0.05) is 12.1 Å². The van der Waals surface area contributed by atoms with Crippen LogP contribution in [-0.2, 0) is 9.53 Å². The summed E-state index contributed by atoms with van der Waals surface area (Å²) >= 11 is 0. The second-order valence-electron chi connectivity index (χ2n) is 2.66. The van der Waals surface area contributed by atoms with Gasteiger partial charge in [0.05, 0.1) is 18.7 Å². The van der Waals surface area contributed by atoms with Crippen LogP contribution in [0.4, 0.5) is 0 Å². The smallest absolute Gasteiger partial charge is 0.339 e. The third-order valence-electron chi connectivity index (χ3n) is 1.76. The molecular weight excluding hydrogens is 182 g/mol. The van der Waals surface area contributed by atoms with E-state index in [0.29, 0.717) is 11.1 Å². The molecule has 72 valence electrons. The predicted octanol–water partition coefficient (Wildman–Crippen LogP) is 0.765. The molecule has 0 aliphatic heterocycles. The fraction of sp³-hybridized carbons (Fsp3) is 0.200. The van der Waals surface area contributed by atoms with E-state index in [1.807, 2.05) is 6.07 Å². The number of esters is 1. The average Bonchev–Trinajstić information content (AvgIpc) is 2.27. The number of nitrogens with zero attached hydrogens (tertiary/aromatic N) is 1. The minimum atomic E-state index is -1.33. The van der Waals surface area contributed by atoms with Gasteiger partial charge in [-0.3, -0.25) is 0 Å². The number of hydrogen-bond acceptors (Lipinski definition) is 4. The van der Waals surface area contributed by atoms with Crippen LogP contribution in [0.2, 0.25) is 0 Å². The molecule has 0 amide bonds. The lowest BCUT2D eigenvalue weighted by molar-refractivity contribution is -0.150. The molecule has 0 heterocycles. The number of carbonyl (C=O) groups is 1. The maximum absolute atomic E-state index is 11.0. The molecule has 1 aromatic rings. The Morgan fingerprint density at radius 3 is 2.93 bits per heavy atom. The van der Waals surface area contributed by atoms with Crippen LogP contribution in [0.15, 0.2) is 24.3 Å². The summed E-state index contributed by atoms with van der Waals surface area (Å²) in [7, 11) is 1.19. The fourth-order valence-corrected chi connectivity index (χ4v) is 1.03. The summed E-state index contributed by atoms with van der Waals surface area (Å²) < 4.78 is 4.37. The highest BCUT2D eigenvalue weighted by molar-refractivity contribution is 5.76. The molecule has 1 atom stereocenters. The van der Waals surface area contributed by atoms with Crippen molar-refractivity contribution in [1.82, 2.24) is 0 Å². The first kappa shape index (κ1) is 10.2. The summed E-state index contributed by atoms with van der Waals surface area (Å²) in [5.41, 5.74) is 0.751. The Balaban J connectivity index is 2.96. The van der Waals surface area contributed by atoms with Crippen molar-refractivity contribution in [3.05, 3.63) is 35.4 Å². The predicted molar refractivity (Wildman–Crippen MR) is 48.1 cm³/mol. The lowest BCUT2D eigenvalue weighted by Gasteiger charge is -2.07. The van der Waals surface area contributed by atoms with Crippen molar-refractivity contribution >= 4 is 5.97 Å². The second kappa shape index (κ2) is 4.40. The van der Waals surface area contributed by atoms with Crippen LogP contribution in [0.3, 0.4) is 0 Å². The van der Waals surface area contributed by atoms with Gasteiger partial charge in [0.2, 0.25) is 0 Å². The first-order chi connectivity index (χ1) is 6.69. The van der Waals surface area contributed by atoms with E-state index in [0.717, 1.165) is 0 Å². The molecule has 0 saturated carbocycles. The van der Waals surface area contributed by atoms with Gasteiger partial charge in [-0.2, -0.15) is 5.26 Å². The van der Waals surface area contributed by atoms with Gasteiger partial charge in [0.1, 0.15) is 0 Å². The zero-order chi connectivity index (χ0) is 10.6. The monoisotopic (exact) mass is 191 g/mol. The van der Waals surface area contributed by atoms with Crippen LogP contribution in [0.1, 0.15) is 17.2 Å². The third-order valence-corrected chi connectivity index (χ3v) is 1.76. The normalized spacial score (nSPS) is 11.5. The lowest BCUT2D eigenvalue weighted by atomic mass is 10.1. The molecule has 0 saturated heterocycles. The van der Waals surface area contributed by atoms with Crippen LogP contribution >= 0.6 is 0 Å². The van der Waals surface area contributed by atoms with Gasteiger partial charge in [0.15, 0.2) is 6.10 Å². The number of rotatable bonds is 2. The highest BCUT2D eigenvalue weighted by atomic mass is 16.5. The van der Waals surface area contributed by atoms with Gasteiger partial charge in [-0.05, 0) is 17.7 Å². The van der Waals surface area contributed by atoms with Crippen LogP contribution < -0.4 is 0 Å². The second-order valence-corrected chi connectivity index (χ2v) is 2.66. The molecule has 0 unspecified atom stereocenters. The number of aliphatic hydroxyl groups excluding tert-OH is 1. The first-order valence-electron chi connectivity index (χ1n) is 3.95. The van der Waals surface area contributed by atoms with E-state index in [2.05, 4.69) is 4.74 Å². The van der Waals surface area contributed by atoms with Crippen molar-refractivity contribution < 1.29 is 14.6 Å². The minimum absolute atomic E-state index is 0.357. The van der Waals surface area contributed by atoms with Crippen molar-refractivity contribution in [3.63, 3.8) is 0 Å². The van der Waals surface area contributed by atoms with Crippen LogP contribution in [0, 0.1) is 11.3 Å². The number of methoxy groups -OCH3 is 1. The molecule has 0 spiro atoms. The number of ether oxygens (including phenoxy) is 1. The first-order valence-corrected chi connectivity index (χ1v) is 3.95. The molecule has 1 rings (SSSR count). The maximum atomic E-state index is 11.0. The number of hydrogen-bond donors (Lipinski definition) is 1. The number of benzene rings is 1. The summed E-state index contributed by atoms with van der Waals surface area (Å²) in [5, 5.41) is 18.0. The number of carbonyl (C=O) groups excluding carboxylic acids is 1. The number of nitriles is 1. The third kappa shape index (κ3) is 2.09.